The van der Waals surface area contributed by atoms with E-state index in [2.05, 4.69) is 51.7 Å². The van der Waals surface area contributed by atoms with E-state index in [1.165, 1.54) is 16.7 Å². The lowest BCUT2D eigenvalue weighted by molar-refractivity contribution is 0.884. The molecule has 0 saturated heterocycles. The summed E-state index contributed by atoms with van der Waals surface area (Å²) >= 11 is 0. The smallest absolute Gasteiger partial charge is 0.101 e. The molecule has 3 aromatic heterocycles. The van der Waals surface area contributed by atoms with Gasteiger partial charge in [0, 0.05) is 47.3 Å². The van der Waals surface area contributed by atoms with Gasteiger partial charge in [-0.1, -0.05) is 36.4 Å². The molecular weight excluding hydrogens is 358 g/mol. The van der Waals surface area contributed by atoms with Crippen molar-refractivity contribution in [1.82, 2.24) is 25.0 Å². The average molecular weight is 375 g/mol. The molecule has 2 aromatic carbocycles. The first-order valence-electron chi connectivity index (χ1n) is 9.58. The Bertz CT molecular complexity index is 1320. The lowest BCUT2D eigenvalue weighted by Gasteiger charge is -2.06. The zero-order valence-corrected chi connectivity index (χ0v) is 15.6. The maximum atomic E-state index is 4.92. The van der Waals surface area contributed by atoms with E-state index < -0.39 is 0 Å². The zero-order chi connectivity index (χ0) is 19.2. The number of para-hydroxylation sites is 1. The fraction of sp³-hybridized carbons (Fsp3) is 0.0417. The summed E-state index contributed by atoms with van der Waals surface area (Å²) in [5.41, 5.74) is 10.3. The summed E-state index contributed by atoms with van der Waals surface area (Å²) in [7, 11) is 0. The van der Waals surface area contributed by atoms with E-state index in [1.807, 2.05) is 53.6 Å². The lowest BCUT2D eigenvalue weighted by atomic mass is 9.98. The van der Waals surface area contributed by atoms with Gasteiger partial charge >= 0.3 is 0 Å². The Labute approximate surface area is 167 Å². The monoisotopic (exact) mass is 375 g/mol. The quantitative estimate of drug-likeness (QED) is 0.479. The summed E-state index contributed by atoms with van der Waals surface area (Å²) in [6.07, 6.45) is 8.56. The normalized spacial score (nSPS) is 12.0. The minimum absolute atomic E-state index is 0.909. The Morgan fingerprint density at radius 2 is 1.69 bits per heavy atom. The van der Waals surface area contributed by atoms with Gasteiger partial charge in [0.1, 0.15) is 5.69 Å². The van der Waals surface area contributed by atoms with Gasteiger partial charge in [-0.3, -0.25) is 10.1 Å². The van der Waals surface area contributed by atoms with Gasteiger partial charge in [-0.25, -0.2) is 4.68 Å². The minimum atomic E-state index is 0.909. The Balaban J connectivity index is 1.52. The van der Waals surface area contributed by atoms with E-state index in [0.717, 1.165) is 40.2 Å². The standard InChI is InChI=1S/C24H17N5/c1-2-4-20(5-3-1)29-15-22(24(28-29)16-8-10-25-11-9-16)17-6-7-21-18(12-17)13-19-14-26-27-23(19)21/h1-12,14-15H,13H2,(H,26,27). The number of nitrogens with one attached hydrogen (secondary N) is 1. The first-order valence-corrected chi connectivity index (χ1v) is 9.58. The van der Waals surface area contributed by atoms with Crippen molar-refractivity contribution in [3.8, 4) is 39.3 Å². The second-order valence-electron chi connectivity index (χ2n) is 7.23. The van der Waals surface area contributed by atoms with E-state index in [9.17, 15) is 0 Å². The molecule has 1 aliphatic rings. The number of nitrogens with zero attached hydrogens (tertiary/aromatic N) is 4. The van der Waals surface area contributed by atoms with Crippen molar-refractivity contribution >= 4 is 0 Å². The van der Waals surface area contributed by atoms with Crippen molar-refractivity contribution < 1.29 is 0 Å². The van der Waals surface area contributed by atoms with Crippen LogP contribution in [0.5, 0.6) is 0 Å². The summed E-state index contributed by atoms with van der Waals surface area (Å²) in [6.45, 7) is 0. The van der Waals surface area contributed by atoms with E-state index in [-0.39, 0.29) is 0 Å². The molecule has 0 radical (unpaired) electrons. The first kappa shape index (κ1) is 16.0. The Morgan fingerprint density at radius 1 is 0.828 bits per heavy atom. The predicted octanol–water partition coefficient (Wildman–Crippen LogP) is 4.90. The number of H-pyrrole nitrogens is 1. The van der Waals surface area contributed by atoms with Crippen LogP contribution in [0.2, 0.25) is 0 Å². The first-order chi connectivity index (χ1) is 14.4. The van der Waals surface area contributed by atoms with Gasteiger partial charge in [-0.05, 0) is 35.4 Å². The third kappa shape index (κ3) is 2.59. The molecule has 1 N–H and O–H groups in total. The molecule has 0 bridgehead atoms. The Morgan fingerprint density at radius 3 is 2.55 bits per heavy atom. The van der Waals surface area contributed by atoms with Crippen molar-refractivity contribution in [1.29, 1.82) is 0 Å². The fourth-order valence-corrected chi connectivity index (χ4v) is 4.06. The molecular formula is C24H17N5. The molecule has 5 aromatic rings. The molecule has 0 spiro atoms. The molecule has 1 aliphatic carbocycles. The van der Waals surface area contributed by atoms with Crippen LogP contribution in [0.15, 0.2) is 85.5 Å². The van der Waals surface area contributed by atoms with E-state index in [1.54, 1.807) is 0 Å². The van der Waals surface area contributed by atoms with Crippen molar-refractivity contribution in [2.24, 2.45) is 0 Å². The number of aromatic nitrogens is 5. The molecule has 6 rings (SSSR count). The highest BCUT2D eigenvalue weighted by Crippen LogP contribution is 2.39. The van der Waals surface area contributed by atoms with Crippen LogP contribution >= 0.6 is 0 Å². The van der Waals surface area contributed by atoms with Gasteiger partial charge in [0.2, 0.25) is 0 Å². The van der Waals surface area contributed by atoms with Gasteiger partial charge in [-0.15, -0.1) is 0 Å². The number of benzene rings is 2. The van der Waals surface area contributed by atoms with Crippen LogP contribution in [0, 0.1) is 0 Å². The molecule has 138 valence electrons. The maximum absolute atomic E-state index is 4.92. The molecule has 0 atom stereocenters. The molecule has 0 fully saturated rings. The molecule has 0 unspecified atom stereocenters. The predicted molar refractivity (Wildman–Crippen MR) is 113 cm³/mol. The van der Waals surface area contributed by atoms with Crippen LogP contribution in [-0.2, 0) is 6.42 Å². The SMILES string of the molecule is c1ccc(-n2cc(-c3ccc4c(c3)Cc3cn[nH]c3-4)c(-c3ccncc3)n2)cc1. The molecule has 5 heteroatoms. The number of aromatic amines is 1. The second kappa shape index (κ2) is 6.27. The minimum Gasteiger partial charge on any atom is -0.278 e. The van der Waals surface area contributed by atoms with Crippen LogP contribution < -0.4 is 0 Å². The summed E-state index contributed by atoms with van der Waals surface area (Å²) in [5, 5.41) is 12.2. The van der Waals surface area contributed by atoms with Gasteiger partial charge in [0.15, 0.2) is 0 Å². The van der Waals surface area contributed by atoms with Crippen molar-refractivity contribution in [3.63, 3.8) is 0 Å². The number of rotatable bonds is 3. The van der Waals surface area contributed by atoms with E-state index in [0.29, 0.717) is 0 Å². The Hall–Kier alpha value is -3.99. The van der Waals surface area contributed by atoms with E-state index >= 15 is 0 Å². The molecule has 29 heavy (non-hydrogen) atoms. The number of hydrogen-bond acceptors (Lipinski definition) is 3. The largest absolute Gasteiger partial charge is 0.278 e. The summed E-state index contributed by atoms with van der Waals surface area (Å²) in [4.78, 5) is 4.16. The lowest BCUT2D eigenvalue weighted by Crippen LogP contribution is -1.93. The topological polar surface area (TPSA) is 59.4 Å². The summed E-state index contributed by atoms with van der Waals surface area (Å²) in [5.74, 6) is 0. The Kier molecular flexibility index (Phi) is 3.46. The third-order valence-corrected chi connectivity index (χ3v) is 5.47. The van der Waals surface area contributed by atoms with Gasteiger partial charge in [-0.2, -0.15) is 10.2 Å². The van der Waals surface area contributed by atoms with Crippen LogP contribution in [-0.4, -0.2) is 25.0 Å². The van der Waals surface area contributed by atoms with Gasteiger partial charge < -0.3 is 0 Å². The molecule has 0 aliphatic heterocycles. The highest BCUT2D eigenvalue weighted by Gasteiger charge is 2.22. The van der Waals surface area contributed by atoms with Crippen LogP contribution in [0.25, 0.3) is 39.3 Å². The fourth-order valence-electron chi connectivity index (χ4n) is 4.06. The van der Waals surface area contributed by atoms with Gasteiger partial charge in [0.05, 0.1) is 17.6 Å². The summed E-state index contributed by atoms with van der Waals surface area (Å²) < 4.78 is 1.95. The molecule has 5 nitrogen and oxygen atoms in total. The number of pyridine rings is 1. The molecule has 3 heterocycles. The third-order valence-electron chi connectivity index (χ3n) is 5.47. The maximum Gasteiger partial charge on any atom is 0.101 e. The summed E-state index contributed by atoms with van der Waals surface area (Å²) in [6, 6.07) is 20.8. The van der Waals surface area contributed by atoms with Crippen molar-refractivity contribution in [2.45, 2.75) is 6.42 Å². The van der Waals surface area contributed by atoms with Crippen LogP contribution in [0.3, 0.4) is 0 Å². The highest BCUT2D eigenvalue weighted by atomic mass is 15.3. The average Bonchev–Trinajstić information content (AvgIpc) is 3.49. The van der Waals surface area contributed by atoms with Crippen molar-refractivity contribution in [3.05, 3.63) is 96.6 Å². The van der Waals surface area contributed by atoms with Gasteiger partial charge in [0.25, 0.3) is 0 Å². The molecule has 0 amide bonds. The molecule has 0 saturated carbocycles. The number of hydrogen-bond donors (Lipinski definition) is 1. The highest BCUT2D eigenvalue weighted by molar-refractivity contribution is 5.84. The van der Waals surface area contributed by atoms with Crippen LogP contribution in [0.4, 0.5) is 0 Å². The van der Waals surface area contributed by atoms with E-state index in [4.69, 9.17) is 5.10 Å². The zero-order valence-electron chi connectivity index (χ0n) is 15.6. The number of fused-ring (bicyclic) bond motifs is 3. The van der Waals surface area contributed by atoms with Crippen LogP contribution in [0.1, 0.15) is 11.1 Å². The second-order valence-corrected chi connectivity index (χ2v) is 7.23. The van der Waals surface area contributed by atoms with Crippen molar-refractivity contribution in [2.75, 3.05) is 0 Å².